The lowest BCUT2D eigenvalue weighted by Gasteiger charge is -2.25. The molecule has 4 aromatic rings. The number of pyridine rings is 1. The number of para-hydroxylation sites is 1. The molecule has 0 bridgehead atoms. The van der Waals surface area contributed by atoms with Crippen LogP contribution in [-0.4, -0.2) is 52.3 Å². The van der Waals surface area contributed by atoms with E-state index in [0.717, 1.165) is 0 Å². The maximum atomic E-state index is 15.2. The predicted molar refractivity (Wildman–Crippen MR) is 123 cm³/mol. The summed E-state index contributed by atoms with van der Waals surface area (Å²) in [7, 11) is -3.10. The number of hydrogen-bond acceptors (Lipinski definition) is 6. The van der Waals surface area contributed by atoms with Gasteiger partial charge in [0.1, 0.15) is 23.3 Å². The van der Waals surface area contributed by atoms with Crippen LogP contribution in [0.15, 0.2) is 48.9 Å². The number of benzene rings is 1. The van der Waals surface area contributed by atoms with Crippen LogP contribution in [0.25, 0.3) is 16.8 Å². The van der Waals surface area contributed by atoms with E-state index in [-0.39, 0.29) is 28.9 Å². The number of fused-ring (bicyclic) bond motifs is 3. The minimum atomic E-state index is -3.10. The fraction of sp³-hybridized carbons (Fsp3) is 0.333. The van der Waals surface area contributed by atoms with Gasteiger partial charge in [-0.1, -0.05) is 18.2 Å². The number of imidazole rings is 1. The zero-order valence-corrected chi connectivity index (χ0v) is 19.7. The average Bonchev–Trinajstić information content (AvgIpc) is 3.54. The van der Waals surface area contributed by atoms with Crippen molar-refractivity contribution in [2.75, 3.05) is 18.1 Å². The van der Waals surface area contributed by atoms with Crippen molar-refractivity contribution in [3.05, 3.63) is 71.7 Å². The summed E-state index contributed by atoms with van der Waals surface area (Å²) in [6.07, 6.45) is 4.91. The maximum Gasteiger partial charge on any atom is 0.387 e. The van der Waals surface area contributed by atoms with Crippen molar-refractivity contribution in [2.45, 2.75) is 31.6 Å². The van der Waals surface area contributed by atoms with Crippen LogP contribution in [-0.2, 0) is 21.0 Å². The molecule has 2 atom stereocenters. The summed E-state index contributed by atoms with van der Waals surface area (Å²) in [6, 6.07) is 7.42. The molecule has 5 heterocycles. The Bertz CT molecular complexity index is 1570. The van der Waals surface area contributed by atoms with Crippen molar-refractivity contribution < 1.29 is 31.1 Å². The minimum absolute atomic E-state index is 0.00375. The van der Waals surface area contributed by atoms with Crippen LogP contribution in [0, 0.1) is 5.82 Å². The highest BCUT2D eigenvalue weighted by molar-refractivity contribution is 7.91. The van der Waals surface area contributed by atoms with E-state index in [1.54, 1.807) is 39.7 Å². The molecule has 0 N–H and O–H groups in total. The Labute approximate surface area is 204 Å². The standard InChI is InChI=1S/C24H21F3N4O4S/c25-18-9-21-29-19-5-7-34-23(16-3-1-2-4-20(16)35-24(26)27)22(19)30(21)12-17(18)14-10-28-31(11-14)15-6-8-36(32,33)13-15/h1-4,9-12,15,23-24H,5-8,13H2. The number of hydrogen-bond donors (Lipinski definition) is 0. The average molecular weight is 519 g/mol. The summed E-state index contributed by atoms with van der Waals surface area (Å²) in [6.45, 7) is -2.68. The maximum absolute atomic E-state index is 15.2. The largest absolute Gasteiger partial charge is 0.434 e. The van der Waals surface area contributed by atoms with Gasteiger partial charge in [0, 0.05) is 41.6 Å². The lowest BCUT2D eigenvalue weighted by atomic mass is 10.0. The number of sulfone groups is 1. The quantitative estimate of drug-likeness (QED) is 0.398. The summed E-state index contributed by atoms with van der Waals surface area (Å²) < 4.78 is 79.0. The van der Waals surface area contributed by atoms with E-state index in [1.807, 2.05) is 0 Å². The van der Waals surface area contributed by atoms with Gasteiger partial charge >= 0.3 is 6.61 Å². The third kappa shape index (κ3) is 4.03. The predicted octanol–water partition coefficient (Wildman–Crippen LogP) is 3.96. The normalized spacial score (nSPS) is 21.2. The Hall–Kier alpha value is -3.38. The van der Waals surface area contributed by atoms with Gasteiger partial charge in [-0.3, -0.25) is 9.08 Å². The van der Waals surface area contributed by atoms with E-state index in [2.05, 4.69) is 10.1 Å². The van der Waals surface area contributed by atoms with Gasteiger partial charge in [0.2, 0.25) is 0 Å². The molecule has 0 saturated carbocycles. The molecule has 0 spiro atoms. The lowest BCUT2D eigenvalue weighted by molar-refractivity contribution is -0.0522. The second-order valence-corrected chi connectivity index (χ2v) is 11.1. The summed E-state index contributed by atoms with van der Waals surface area (Å²) in [4.78, 5) is 4.57. The Morgan fingerprint density at radius 2 is 2.03 bits per heavy atom. The van der Waals surface area contributed by atoms with Crippen LogP contribution in [0.4, 0.5) is 13.2 Å². The van der Waals surface area contributed by atoms with Gasteiger partial charge in [-0.05, 0) is 12.5 Å². The molecule has 8 nitrogen and oxygen atoms in total. The Morgan fingerprint density at radius 1 is 1.19 bits per heavy atom. The first kappa shape index (κ1) is 23.0. The topological polar surface area (TPSA) is 87.7 Å². The first-order valence-electron chi connectivity index (χ1n) is 11.4. The van der Waals surface area contributed by atoms with E-state index < -0.39 is 28.4 Å². The molecule has 1 saturated heterocycles. The molecule has 2 aliphatic rings. The monoisotopic (exact) mass is 518 g/mol. The van der Waals surface area contributed by atoms with E-state index in [0.29, 0.717) is 47.6 Å². The molecule has 12 heteroatoms. The number of ether oxygens (including phenoxy) is 2. The van der Waals surface area contributed by atoms with Gasteiger partial charge in [0.25, 0.3) is 0 Å². The molecule has 1 aromatic carbocycles. The van der Waals surface area contributed by atoms with E-state index >= 15 is 4.39 Å². The van der Waals surface area contributed by atoms with Crippen molar-refractivity contribution in [1.82, 2.24) is 19.2 Å². The smallest absolute Gasteiger partial charge is 0.387 e. The molecular weight excluding hydrogens is 497 g/mol. The molecule has 6 rings (SSSR count). The summed E-state index contributed by atoms with van der Waals surface area (Å²) >= 11 is 0. The second kappa shape index (κ2) is 8.63. The first-order valence-corrected chi connectivity index (χ1v) is 13.2. The summed E-state index contributed by atoms with van der Waals surface area (Å²) in [5.41, 5.74) is 2.80. The molecule has 0 radical (unpaired) electrons. The van der Waals surface area contributed by atoms with Crippen molar-refractivity contribution in [3.63, 3.8) is 0 Å². The zero-order chi connectivity index (χ0) is 25.0. The van der Waals surface area contributed by atoms with Gasteiger partial charge < -0.3 is 9.47 Å². The molecule has 0 aliphatic carbocycles. The number of rotatable bonds is 5. The number of nitrogens with zero attached hydrogens (tertiary/aromatic N) is 4. The fourth-order valence-electron chi connectivity index (χ4n) is 4.96. The molecule has 0 amide bonds. The summed E-state index contributed by atoms with van der Waals surface area (Å²) in [5.74, 6) is -0.409. The van der Waals surface area contributed by atoms with Crippen molar-refractivity contribution in [1.29, 1.82) is 0 Å². The van der Waals surface area contributed by atoms with Crippen LogP contribution >= 0.6 is 0 Å². The molecule has 1 fully saturated rings. The molecule has 36 heavy (non-hydrogen) atoms. The van der Waals surface area contributed by atoms with Crippen LogP contribution in [0.1, 0.15) is 35.5 Å². The fourth-order valence-corrected chi connectivity index (χ4v) is 6.66. The van der Waals surface area contributed by atoms with Gasteiger partial charge in [-0.2, -0.15) is 13.9 Å². The second-order valence-electron chi connectivity index (χ2n) is 8.89. The summed E-state index contributed by atoms with van der Waals surface area (Å²) in [5, 5.41) is 4.29. The van der Waals surface area contributed by atoms with Crippen molar-refractivity contribution in [2.24, 2.45) is 0 Å². The molecule has 2 unspecified atom stereocenters. The highest BCUT2D eigenvalue weighted by Gasteiger charge is 2.32. The molecular formula is C24H21F3N4O4S. The van der Waals surface area contributed by atoms with Crippen molar-refractivity contribution >= 4 is 15.5 Å². The Morgan fingerprint density at radius 3 is 2.81 bits per heavy atom. The van der Waals surface area contributed by atoms with E-state index in [9.17, 15) is 17.2 Å². The Balaban J connectivity index is 1.43. The number of halogens is 3. The third-order valence-electron chi connectivity index (χ3n) is 6.61. The van der Waals surface area contributed by atoms with Gasteiger partial charge in [-0.15, -0.1) is 0 Å². The highest BCUT2D eigenvalue weighted by Crippen LogP contribution is 2.39. The SMILES string of the molecule is O=S1(=O)CCC(n2cc(-c3cn4c5c(nc4cc3F)CCOC5c3ccccc3OC(F)F)cn2)C1. The third-order valence-corrected chi connectivity index (χ3v) is 8.36. The van der Waals surface area contributed by atoms with Gasteiger partial charge in [0.05, 0.1) is 41.7 Å². The van der Waals surface area contributed by atoms with E-state index in [1.165, 1.54) is 18.3 Å². The zero-order valence-electron chi connectivity index (χ0n) is 18.9. The number of aromatic nitrogens is 4. The highest BCUT2D eigenvalue weighted by atomic mass is 32.2. The van der Waals surface area contributed by atoms with Gasteiger partial charge in [-0.25, -0.2) is 17.8 Å². The van der Waals surface area contributed by atoms with Crippen LogP contribution in [0.2, 0.25) is 0 Å². The Kier molecular flexibility index (Phi) is 5.52. The molecule has 3 aromatic heterocycles. The van der Waals surface area contributed by atoms with Crippen LogP contribution in [0.5, 0.6) is 5.75 Å². The van der Waals surface area contributed by atoms with Crippen LogP contribution in [0.3, 0.4) is 0 Å². The minimum Gasteiger partial charge on any atom is -0.434 e. The number of alkyl halides is 2. The van der Waals surface area contributed by atoms with E-state index in [4.69, 9.17) is 9.47 Å². The van der Waals surface area contributed by atoms with Crippen molar-refractivity contribution in [3.8, 4) is 16.9 Å². The van der Waals surface area contributed by atoms with Gasteiger partial charge in [0.15, 0.2) is 9.84 Å². The molecule has 188 valence electrons. The lowest BCUT2D eigenvalue weighted by Crippen LogP contribution is -2.20. The molecule has 2 aliphatic heterocycles. The van der Waals surface area contributed by atoms with Crippen LogP contribution < -0.4 is 4.74 Å². The first-order chi connectivity index (χ1) is 17.3.